The molecule has 5 nitrogen and oxygen atoms in total. The third kappa shape index (κ3) is 8.48. The van der Waals surface area contributed by atoms with Crippen LogP contribution in [-0.2, 0) is 9.57 Å². The zero-order valence-corrected chi connectivity index (χ0v) is 19.3. The Morgan fingerprint density at radius 3 is 2.31 bits per heavy atom. The molecule has 1 saturated carbocycles. The van der Waals surface area contributed by atoms with Gasteiger partial charge in [-0.1, -0.05) is 37.6 Å². The van der Waals surface area contributed by atoms with Crippen molar-refractivity contribution in [2.75, 3.05) is 20.3 Å². The maximum absolute atomic E-state index is 6.44. The van der Waals surface area contributed by atoms with Crippen molar-refractivity contribution < 1.29 is 19.0 Å². The number of ether oxygens (including phenoxy) is 3. The maximum atomic E-state index is 6.44. The van der Waals surface area contributed by atoms with Gasteiger partial charge in [0.2, 0.25) is 0 Å². The zero-order chi connectivity index (χ0) is 21.6. The van der Waals surface area contributed by atoms with Crippen molar-refractivity contribution in [3.05, 3.63) is 35.4 Å². The summed E-state index contributed by atoms with van der Waals surface area (Å²) < 4.78 is 18.3. The molecule has 0 aromatic heterocycles. The number of aryl methyl sites for hydroxylation is 2. The molecule has 2 rings (SSSR count). The van der Waals surface area contributed by atoms with Gasteiger partial charge in [-0.3, -0.25) is 0 Å². The van der Waals surface area contributed by atoms with Gasteiger partial charge in [0.15, 0.2) is 0 Å². The SMILES string of the molecule is C/C=C/COc1cc(C)c(OC2CCCCC2OC/C(C)=N\OC)c(C)c1.CC. The molecule has 0 heterocycles. The molecule has 2 unspecified atom stereocenters. The fourth-order valence-electron chi connectivity index (χ4n) is 3.37. The van der Waals surface area contributed by atoms with Gasteiger partial charge in [0.05, 0.1) is 18.4 Å². The molecule has 0 radical (unpaired) electrons. The van der Waals surface area contributed by atoms with Crippen molar-refractivity contribution in [3.8, 4) is 11.5 Å². The van der Waals surface area contributed by atoms with Crippen LogP contribution in [0.5, 0.6) is 11.5 Å². The molecule has 29 heavy (non-hydrogen) atoms. The Bertz CT molecular complexity index is 631. The first kappa shape index (κ1) is 25.0. The summed E-state index contributed by atoms with van der Waals surface area (Å²) in [5, 5.41) is 3.92. The fourth-order valence-corrected chi connectivity index (χ4v) is 3.37. The van der Waals surface area contributed by atoms with Crippen molar-refractivity contribution in [2.45, 2.75) is 79.4 Å². The van der Waals surface area contributed by atoms with E-state index >= 15 is 0 Å². The highest BCUT2D eigenvalue weighted by molar-refractivity contribution is 5.82. The van der Waals surface area contributed by atoms with Crippen LogP contribution in [-0.4, -0.2) is 38.2 Å². The molecule has 0 saturated heterocycles. The predicted molar refractivity (Wildman–Crippen MR) is 120 cm³/mol. The van der Waals surface area contributed by atoms with Crippen LogP contribution in [0.15, 0.2) is 29.4 Å². The van der Waals surface area contributed by atoms with E-state index in [9.17, 15) is 0 Å². The van der Waals surface area contributed by atoms with Gasteiger partial charge in [-0.15, -0.1) is 0 Å². The van der Waals surface area contributed by atoms with E-state index in [-0.39, 0.29) is 12.2 Å². The Morgan fingerprint density at radius 2 is 1.72 bits per heavy atom. The molecule has 1 aromatic carbocycles. The summed E-state index contributed by atoms with van der Waals surface area (Å²) in [4.78, 5) is 4.80. The van der Waals surface area contributed by atoms with Crippen LogP contribution in [0.2, 0.25) is 0 Å². The van der Waals surface area contributed by atoms with Gasteiger partial charge in [-0.25, -0.2) is 0 Å². The molecule has 0 bridgehead atoms. The first-order chi connectivity index (χ1) is 14.0. The quantitative estimate of drug-likeness (QED) is 0.287. The van der Waals surface area contributed by atoms with Gasteiger partial charge in [0.1, 0.15) is 31.3 Å². The van der Waals surface area contributed by atoms with Crippen LogP contribution >= 0.6 is 0 Å². The van der Waals surface area contributed by atoms with E-state index in [0.29, 0.717) is 13.2 Å². The lowest BCUT2D eigenvalue weighted by atomic mass is 9.94. The van der Waals surface area contributed by atoms with Crippen molar-refractivity contribution in [1.29, 1.82) is 0 Å². The first-order valence-electron chi connectivity index (χ1n) is 10.7. The van der Waals surface area contributed by atoms with Crippen LogP contribution in [0.3, 0.4) is 0 Å². The number of benzene rings is 1. The highest BCUT2D eigenvalue weighted by Gasteiger charge is 2.28. The average Bonchev–Trinajstić information content (AvgIpc) is 2.72. The van der Waals surface area contributed by atoms with Crippen molar-refractivity contribution in [1.82, 2.24) is 0 Å². The molecular weight excluding hydrogens is 366 g/mol. The normalized spacial score (nSPS) is 19.5. The van der Waals surface area contributed by atoms with Crippen molar-refractivity contribution >= 4 is 5.71 Å². The summed E-state index contributed by atoms with van der Waals surface area (Å²) in [6, 6.07) is 4.08. The smallest absolute Gasteiger partial charge is 0.125 e. The third-order valence-electron chi connectivity index (χ3n) is 4.68. The van der Waals surface area contributed by atoms with Crippen LogP contribution in [0.1, 0.15) is 64.5 Å². The summed E-state index contributed by atoms with van der Waals surface area (Å²) >= 11 is 0. The standard InChI is InChI=1S/C22H33NO4.C2H6/c1-6-7-12-25-19-13-16(2)22(17(3)14-19)27-21-11-9-8-10-20(21)26-15-18(4)23-24-5;1-2/h6-7,13-14,20-21H,8-12,15H2,1-5H3;1-2H3/b7-6+,23-18-;. The molecule has 1 aliphatic carbocycles. The van der Waals surface area contributed by atoms with Crippen LogP contribution in [0, 0.1) is 13.8 Å². The Morgan fingerprint density at radius 1 is 1.10 bits per heavy atom. The number of hydrogen-bond acceptors (Lipinski definition) is 5. The lowest BCUT2D eigenvalue weighted by Gasteiger charge is -2.32. The summed E-state index contributed by atoms with van der Waals surface area (Å²) in [6.45, 7) is 13.1. The monoisotopic (exact) mass is 405 g/mol. The molecular formula is C24H39NO4. The molecule has 0 aliphatic heterocycles. The Hall–Kier alpha value is -2.01. The lowest BCUT2D eigenvalue weighted by molar-refractivity contribution is -0.0344. The number of allylic oxidation sites excluding steroid dienone is 1. The minimum Gasteiger partial charge on any atom is -0.490 e. The van der Waals surface area contributed by atoms with E-state index in [1.165, 1.54) is 6.42 Å². The zero-order valence-electron chi connectivity index (χ0n) is 19.3. The maximum Gasteiger partial charge on any atom is 0.125 e. The third-order valence-corrected chi connectivity index (χ3v) is 4.68. The minimum atomic E-state index is 0.0567. The molecule has 1 fully saturated rings. The van der Waals surface area contributed by atoms with Crippen LogP contribution in [0.25, 0.3) is 0 Å². The van der Waals surface area contributed by atoms with Gasteiger partial charge < -0.3 is 19.0 Å². The van der Waals surface area contributed by atoms with Crippen molar-refractivity contribution in [3.63, 3.8) is 0 Å². The molecule has 5 heteroatoms. The molecule has 164 valence electrons. The number of hydrogen-bond donors (Lipinski definition) is 0. The Balaban J connectivity index is 0.00000204. The average molecular weight is 406 g/mol. The first-order valence-corrected chi connectivity index (χ1v) is 10.7. The second-order valence-corrected chi connectivity index (χ2v) is 7.07. The molecule has 0 amide bonds. The minimum absolute atomic E-state index is 0.0567. The summed E-state index contributed by atoms with van der Waals surface area (Å²) in [7, 11) is 1.55. The number of oxime groups is 1. The van der Waals surface area contributed by atoms with Gasteiger partial charge in [-0.05, 0) is 70.2 Å². The Kier molecular flexibility index (Phi) is 12.1. The van der Waals surface area contributed by atoms with E-state index in [0.717, 1.165) is 47.6 Å². The summed E-state index contributed by atoms with van der Waals surface area (Å²) in [5.74, 6) is 1.81. The molecule has 0 spiro atoms. The molecule has 2 atom stereocenters. The van der Waals surface area contributed by atoms with E-state index in [1.54, 1.807) is 7.11 Å². The highest BCUT2D eigenvalue weighted by Crippen LogP contribution is 2.33. The number of rotatable bonds is 9. The van der Waals surface area contributed by atoms with Gasteiger partial charge >= 0.3 is 0 Å². The predicted octanol–water partition coefficient (Wildman–Crippen LogP) is 6.01. The van der Waals surface area contributed by atoms with Gasteiger partial charge in [0, 0.05) is 0 Å². The topological polar surface area (TPSA) is 49.3 Å². The van der Waals surface area contributed by atoms with E-state index in [2.05, 4.69) is 19.0 Å². The van der Waals surface area contributed by atoms with Crippen LogP contribution in [0.4, 0.5) is 0 Å². The molecule has 1 aliphatic rings. The second kappa shape index (κ2) is 14.0. The van der Waals surface area contributed by atoms with E-state index < -0.39 is 0 Å². The summed E-state index contributed by atoms with van der Waals surface area (Å²) in [6.07, 6.45) is 8.45. The van der Waals surface area contributed by atoms with E-state index in [1.807, 2.05) is 52.0 Å². The van der Waals surface area contributed by atoms with Gasteiger partial charge in [-0.2, -0.15) is 0 Å². The lowest BCUT2D eigenvalue weighted by Crippen LogP contribution is -2.38. The highest BCUT2D eigenvalue weighted by atomic mass is 16.6. The Labute approximate surface area is 177 Å². The second-order valence-electron chi connectivity index (χ2n) is 7.07. The number of nitrogens with zero attached hydrogens (tertiary/aromatic N) is 1. The van der Waals surface area contributed by atoms with Gasteiger partial charge in [0.25, 0.3) is 0 Å². The van der Waals surface area contributed by atoms with Crippen molar-refractivity contribution in [2.24, 2.45) is 5.16 Å². The van der Waals surface area contributed by atoms with E-state index in [4.69, 9.17) is 19.0 Å². The molecule has 1 aromatic rings. The fraction of sp³-hybridized carbons (Fsp3) is 0.625. The largest absolute Gasteiger partial charge is 0.490 e. The molecule has 0 N–H and O–H groups in total. The van der Waals surface area contributed by atoms with Crippen LogP contribution < -0.4 is 9.47 Å². The summed E-state index contributed by atoms with van der Waals surface area (Å²) in [5.41, 5.74) is 3.01.